The highest BCUT2D eigenvalue weighted by Crippen LogP contribution is 2.31. The standard InChI is InChI=1S/C25H27ClF2N4O2/c26-21-15-20(5-6-22(21)28)32-24(33)16-23(25(32)34)31-9-7-19(8-10-31)30-13-11-29(12-14-30)18-3-1-17(27)2-4-18/h1-6,15,19,23H,7-14,16H2/t23-/m0/s1. The van der Waals surface area contributed by atoms with Gasteiger partial charge in [0.05, 0.1) is 23.2 Å². The van der Waals surface area contributed by atoms with Crippen molar-refractivity contribution in [3.63, 3.8) is 0 Å². The number of piperidine rings is 1. The third-order valence-electron chi connectivity index (χ3n) is 7.25. The maximum atomic E-state index is 13.5. The van der Waals surface area contributed by atoms with Crippen molar-refractivity contribution in [3.05, 3.63) is 59.1 Å². The molecule has 3 aliphatic rings. The molecule has 3 fully saturated rings. The van der Waals surface area contributed by atoms with Crippen LogP contribution in [-0.4, -0.2) is 73.0 Å². The zero-order valence-corrected chi connectivity index (χ0v) is 19.6. The summed E-state index contributed by atoms with van der Waals surface area (Å²) in [5, 5.41) is -0.109. The van der Waals surface area contributed by atoms with Crippen LogP contribution in [0.25, 0.3) is 0 Å². The predicted molar refractivity (Wildman–Crippen MR) is 127 cm³/mol. The Morgan fingerprint density at radius 2 is 1.44 bits per heavy atom. The van der Waals surface area contributed by atoms with E-state index < -0.39 is 11.9 Å². The number of amides is 2. The van der Waals surface area contributed by atoms with Crippen LogP contribution < -0.4 is 9.80 Å². The van der Waals surface area contributed by atoms with Gasteiger partial charge in [-0.1, -0.05) is 11.6 Å². The number of hydrogen-bond donors (Lipinski definition) is 0. The molecule has 2 aromatic carbocycles. The predicted octanol–water partition coefficient (Wildman–Crippen LogP) is 3.54. The molecule has 0 aromatic heterocycles. The number of carbonyl (C=O) groups is 2. The number of carbonyl (C=O) groups excluding carboxylic acids is 2. The Morgan fingerprint density at radius 1 is 0.794 bits per heavy atom. The highest BCUT2D eigenvalue weighted by Gasteiger charge is 2.44. The maximum absolute atomic E-state index is 13.5. The lowest BCUT2D eigenvalue weighted by Crippen LogP contribution is -2.55. The van der Waals surface area contributed by atoms with Gasteiger partial charge in [0, 0.05) is 51.0 Å². The average Bonchev–Trinajstić information content (AvgIpc) is 3.15. The summed E-state index contributed by atoms with van der Waals surface area (Å²) >= 11 is 5.86. The Morgan fingerprint density at radius 3 is 2.09 bits per heavy atom. The van der Waals surface area contributed by atoms with Gasteiger partial charge in [-0.05, 0) is 55.3 Å². The number of piperazine rings is 1. The molecular formula is C25H27ClF2N4O2. The summed E-state index contributed by atoms with van der Waals surface area (Å²) in [6.45, 7) is 5.20. The van der Waals surface area contributed by atoms with Gasteiger partial charge in [0.15, 0.2) is 0 Å². The fraction of sp³-hybridized carbons (Fsp3) is 0.440. The lowest BCUT2D eigenvalue weighted by atomic mass is 10.00. The lowest BCUT2D eigenvalue weighted by molar-refractivity contribution is -0.123. The van der Waals surface area contributed by atoms with E-state index in [0.29, 0.717) is 11.7 Å². The van der Waals surface area contributed by atoms with Crippen LogP contribution in [0.3, 0.4) is 0 Å². The van der Waals surface area contributed by atoms with Crippen molar-refractivity contribution in [2.75, 3.05) is 49.1 Å². The Kier molecular flexibility index (Phi) is 6.55. The van der Waals surface area contributed by atoms with Gasteiger partial charge in [0.1, 0.15) is 11.6 Å². The monoisotopic (exact) mass is 488 g/mol. The molecule has 180 valence electrons. The second-order valence-corrected chi connectivity index (χ2v) is 9.56. The molecule has 0 unspecified atom stereocenters. The molecule has 3 heterocycles. The summed E-state index contributed by atoms with van der Waals surface area (Å²) in [6.07, 6.45) is 2.02. The number of likely N-dealkylation sites (tertiary alicyclic amines) is 1. The molecule has 0 N–H and O–H groups in total. The van der Waals surface area contributed by atoms with E-state index in [1.807, 2.05) is 12.1 Å². The van der Waals surface area contributed by atoms with Crippen molar-refractivity contribution in [2.24, 2.45) is 0 Å². The van der Waals surface area contributed by atoms with E-state index in [0.717, 1.165) is 62.7 Å². The van der Waals surface area contributed by atoms with Crippen molar-refractivity contribution < 1.29 is 18.4 Å². The minimum Gasteiger partial charge on any atom is -0.369 e. The first kappa shape index (κ1) is 23.2. The van der Waals surface area contributed by atoms with Crippen molar-refractivity contribution in [2.45, 2.75) is 31.3 Å². The number of hydrogen-bond acceptors (Lipinski definition) is 5. The Labute approximate surface area is 202 Å². The summed E-state index contributed by atoms with van der Waals surface area (Å²) in [7, 11) is 0. The van der Waals surface area contributed by atoms with E-state index in [9.17, 15) is 18.4 Å². The Bertz CT molecular complexity index is 1070. The van der Waals surface area contributed by atoms with Crippen LogP contribution in [0.1, 0.15) is 19.3 Å². The van der Waals surface area contributed by atoms with Gasteiger partial charge in [-0.2, -0.15) is 0 Å². The van der Waals surface area contributed by atoms with Gasteiger partial charge in [0.25, 0.3) is 5.91 Å². The first-order valence-corrected chi connectivity index (χ1v) is 12.1. The highest BCUT2D eigenvalue weighted by molar-refractivity contribution is 6.31. The first-order valence-electron chi connectivity index (χ1n) is 11.7. The van der Waals surface area contributed by atoms with Crippen molar-refractivity contribution in [1.29, 1.82) is 0 Å². The van der Waals surface area contributed by atoms with E-state index in [1.54, 1.807) is 0 Å². The number of anilines is 2. The summed E-state index contributed by atoms with van der Waals surface area (Å²) in [6, 6.07) is 10.5. The van der Waals surface area contributed by atoms with Gasteiger partial charge in [-0.15, -0.1) is 0 Å². The second kappa shape index (κ2) is 9.60. The van der Waals surface area contributed by atoms with E-state index in [-0.39, 0.29) is 29.1 Å². The van der Waals surface area contributed by atoms with Gasteiger partial charge in [-0.3, -0.25) is 19.4 Å². The molecule has 0 bridgehead atoms. The highest BCUT2D eigenvalue weighted by atomic mass is 35.5. The Hall–Kier alpha value is -2.55. The van der Waals surface area contributed by atoms with Crippen LogP contribution in [0.15, 0.2) is 42.5 Å². The Balaban J connectivity index is 1.15. The third kappa shape index (κ3) is 4.54. The van der Waals surface area contributed by atoms with Crippen LogP contribution in [0.5, 0.6) is 0 Å². The molecule has 34 heavy (non-hydrogen) atoms. The lowest BCUT2D eigenvalue weighted by Gasteiger charge is -2.44. The normalized spacial score (nSPS) is 23.2. The number of rotatable bonds is 4. The minimum absolute atomic E-state index is 0.109. The SMILES string of the molecule is O=C1C[C@H](N2CCC(N3CCN(c4ccc(F)cc4)CC3)CC2)C(=O)N1c1ccc(F)c(Cl)c1. The van der Waals surface area contributed by atoms with Gasteiger partial charge >= 0.3 is 0 Å². The van der Waals surface area contributed by atoms with Crippen molar-refractivity contribution >= 4 is 34.8 Å². The minimum atomic E-state index is -0.582. The van der Waals surface area contributed by atoms with Crippen LogP contribution in [0.2, 0.25) is 5.02 Å². The van der Waals surface area contributed by atoms with Crippen molar-refractivity contribution in [1.82, 2.24) is 9.80 Å². The van der Waals surface area contributed by atoms with Crippen LogP contribution in [0, 0.1) is 11.6 Å². The van der Waals surface area contributed by atoms with E-state index >= 15 is 0 Å². The molecule has 1 atom stereocenters. The molecule has 2 amide bonds. The van der Waals surface area contributed by atoms with Gasteiger partial charge in [-0.25, -0.2) is 13.7 Å². The molecule has 2 aromatic rings. The van der Waals surface area contributed by atoms with Crippen LogP contribution >= 0.6 is 11.6 Å². The largest absolute Gasteiger partial charge is 0.369 e. The molecule has 0 saturated carbocycles. The van der Waals surface area contributed by atoms with Crippen LogP contribution in [0.4, 0.5) is 20.2 Å². The van der Waals surface area contributed by atoms with Gasteiger partial charge < -0.3 is 4.90 Å². The molecule has 3 saturated heterocycles. The molecule has 0 aliphatic carbocycles. The maximum Gasteiger partial charge on any atom is 0.251 e. The zero-order valence-electron chi connectivity index (χ0n) is 18.8. The molecule has 0 radical (unpaired) electrons. The van der Waals surface area contributed by atoms with Crippen LogP contribution in [-0.2, 0) is 9.59 Å². The molecular weight excluding hydrogens is 462 g/mol. The van der Waals surface area contributed by atoms with E-state index in [4.69, 9.17) is 11.6 Å². The summed E-state index contributed by atoms with van der Waals surface area (Å²) in [5.41, 5.74) is 1.37. The van der Waals surface area contributed by atoms with Gasteiger partial charge in [0.2, 0.25) is 5.91 Å². The molecule has 6 nitrogen and oxygen atoms in total. The number of benzene rings is 2. The quantitative estimate of drug-likeness (QED) is 0.616. The summed E-state index contributed by atoms with van der Waals surface area (Å²) < 4.78 is 26.7. The van der Waals surface area contributed by atoms with E-state index in [2.05, 4.69) is 14.7 Å². The first-order chi connectivity index (χ1) is 16.4. The zero-order chi connectivity index (χ0) is 23.8. The number of nitrogens with zero attached hydrogens (tertiary/aromatic N) is 4. The van der Waals surface area contributed by atoms with Crippen molar-refractivity contribution in [3.8, 4) is 0 Å². The third-order valence-corrected chi connectivity index (χ3v) is 7.54. The fourth-order valence-electron chi connectivity index (χ4n) is 5.36. The molecule has 0 spiro atoms. The fourth-order valence-corrected chi connectivity index (χ4v) is 5.53. The molecule has 5 rings (SSSR count). The summed E-state index contributed by atoms with van der Waals surface area (Å²) in [4.78, 5) is 33.7. The smallest absolute Gasteiger partial charge is 0.251 e. The topological polar surface area (TPSA) is 47.1 Å². The molecule has 3 aliphatic heterocycles. The molecule has 9 heteroatoms. The van der Waals surface area contributed by atoms with E-state index in [1.165, 1.54) is 30.3 Å². The summed E-state index contributed by atoms with van der Waals surface area (Å²) in [5.74, 6) is -1.35. The second-order valence-electron chi connectivity index (χ2n) is 9.15. The average molecular weight is 489 g/mol. The number of imide groups is 1. The number of halogens is 3.